The highest BCUT2D eigenvalue weighted by Crippen LogP contribution is 2.15. The molecule has 4 heteroatoms. The molecule has 0 N–H and O–H groups in total. The van der Waals surface area contributed by atoms with E-state index >= 15 is 0 Å². The number of benzene rings is 1. The third-order valence-electron chi connectivity index (χ3n) is 2.50. The molecule has 1 heterocycles. The molecule has 0 radical (unpaired) electrons. The minimum absolute atomic E-state index is 0.324. The van der Waals surface area contributed by atoms with Crippen LogP contribution in [0, 0.1) is 6.92 Å². The van der Waals surface area contributed by atoms with Crippen LogP contribution in [0.5, 0.6) is 0 Å². The summed E-state index contributed by atoms with van der Waals surface area (Å²) >= 11 is 0. The van der Waals surface area contributed by atoms with Crippen molar-refractivity contribution in [3.05, 3.63) is 35.4 Å². The molecule has 1 aromatic carbocycles. The molecule has 0 aliphatic carbocycles. The van der Waals surface area contributed by atoms with Crippen molar-refractivity contribution in [2.45, 2.75) is 19.4 Å². The number of carbonyl (C=O) groups excluding carboxylic acids is 2. The summed E-state index contributed by atoms with van der Waals surface area (Å²) in [5, 5.41) is 0. The van der Waals surface area contributed by atoms with Crippen LogP contribution in [0.1, 0.15) is 22.3 Å². The van der Waals surface area contributed by atoms with Crippen LogP contribution in [0.15, 0.2) is 24.3 Å². The molecule has 1 aliphatic rings. The zero-order chi connectivity index (χ0) is 11.5. The van der Waals surface area contributed by atoms with E-state index in [0.717, 1.165) is 5.56 Å². The zero-order valence-corrected chi connectivity index (χ0v) is 8.93. The van der Waals surface area contributed by atoms with Gasteiger partial charge in [0.1, 0.15) is 0 Å². The van der Waals surface area contributed by atoms with Crippen LogP contribution in [-0.4, -0.2) is 24.6 Å². The summed E-state index contributed by atoms with van der Waals surface area (Å²) in [4.78, 5) is 22.9. The predicted octanol–water partition coefficient (Wildman–Crippen LogP) is 1.47. The van der Waals surface area contributed by atoms with Crippen LogP contribution >= 0.6 is 0 Å². The van der Waals surface area contributed by atoms with E-state index in [9.17, 15) is 9.59 Å². The van der Waals surface area contributed by atoms with Gasteiger partial charge < -0.3 is 9.47 Å². The molecule has 1 aromatic rings. The summed E-state index contributed by atoms with van der Waals surface area (Å²) in [6.45, 7) is 2.15. The van der Waals surface area contributed by atoms with Crippen LogP contribution in [0.2, 0.25) is 0 Å². The Balaban J connectivity index is 2.09. The van der Waals surface area contributed by atoms with Crippen molar-refractivity contribution in [1.82, 2.24) is 0 Å². The standard InChI is InChI=1S/C12H12O4/c1-8-4-2-3-5-9(8)11(13)16-10-6-7-15-12(10)14/h2-5,10H,6-7H2,1H3. The average molecular weight is 220 g/mol. The fraction of sp³-hybridized carbons (Fsp3) is 0.333. The van der Waals surface area contributed by atoms with E-state index in [1.807, 2.05) is 19.1 Å². The first-order chi connectivity index (χ1) is 7.68. The highest BCUT2D eigenvalue weighted by Gasteiger charge is 2.30. The maximum Gasteiger partial charge on any atom is 0.347 e. The molecule has 84 valence electrons. The number of hydrogen-bond donors (Lipinski definition) is 0. The van der Waals surface area contributed by atoms with Crippen molar-refractivity contribution >= 4 is 11.9 Å². The van der Waals surface area contributed by atoms with Gasteiger partial charge in [0.25, 0.3) is 0 Å². The fourth-order valence-corrected chi connectivity index (χ4v) is 1.58. The Morgan fingerprint density at radius 3 is 2.81 bits per heavy atom. The lowest BCUT2D eigenvalue weighted by Gasteiger charge is -2.09. The molecule has 2 rings (SSSR count). The first-order valence-electron chi connectivity index (χ1n) is 5.12. The molecule has 16 heavy (non-hydrogen) atoms. The van der Waals surface area contributed by atoms with Gasteiger partial charge in [0.2, 0.25) is 6.10 Å². The number of aryl methyl sites for hydroxylation is 1. The summed E-state index contributed by atoms with van der Waals surface area (Å²) in [5.41, 5.74) is 1.32. The molecule has 1 atom stereocenters. The van der Waals surface area contributed by atoms with E-state index in [0.29, 0.717) is 18.6 Å². The largest absolute Gasteiger partial charge is 0.463 e. The summed E-state index contributed by atoms with van der Waals surface area (Å²) < 4.78 is 9.79. The Hall–Kier alpha value is -1.84. The predicted molar refractivity (Wildman–Crippen MR) is 56.0 cm³/mol. The normalized spacial score (nSPS) is 19.3. The van der Waals surface area contributed by atoms with Gasteiger partial charge in [-0.15, -0.1) is 0 Å². The van der Waals surface area contributed by atoms with Crippen LogP contribution in [0.4, 0.5) is 0 Å². The summed E-state index contributed by atoms with van der Waals surface area (Å²) in [6.07, 6.45) is -0.302. The molecule has 1 unspecified atom stereocenters. The lowest BCUT2D eigenvalue weighted by atomic mass is 10.1. The van der Waals surface area contributed by atoms with Crippen LogP contribution in [0.3, 0.4) is 0 Å². The van der Waals surface area contributed by atoms with Crippen LogP contribution in [0.25, 0.3) is 0 Å². The first-order valence-corrected chi connectivity index (χ1v) is 5.12. The molecule has 0 spiro atoms. The molecule has 4 nitrogen and oxygen atoms in total. The molecule has 0 saturated carbocycles. The SMILES string of the molecule is Cc1ccccc1C(=O)OC1CCOC1=O. The second-order valence-corrected chi connectivity index (χ2v) is 3.67. The molecule has 0 aromatic heterocycles. The minimum Gasteiger partial charge on any atom is -0.463 e. The maximum absolute atomic E-state index is 11.7. The maximum atomic E-state index is 11.7. The van der Waals surface area contributed by atoms with Crippen molar-refractivity contribution < 1.29 is 19.1 Å². The Bertz CT molecular complexity index is 425. The Kier molecular flexibility index (Phi) is 2.90. The highest BCUT2D eigenvalue weighted by molar-refractivity contribution is 5.93. The molecular weight excluding hydrogens is 208 g/mol. The number of ether oxygens (including phenoxy) is 2. The van der Waals surface area contributed by atoms with Gasteiger partial charge in [0, 0.05) is 6.42 Å². The molecule has 0 bridgehead atoms. The molecule has 1 fully saturated rings. The lowest BCUT2D eigenvalue weighted by Crippen LogP contribution is -2.23. The Morgan fingerprint density at radius 1 is 1.44 bits per heavy atom. The third-order valence-corrected chi connectivity index (χ3v) is 2.50. The summed E-state index contributed by atoms with van der Waals surface area (Å²) in [6, 6.07) is 7.11. The van der Waals surface area contributed by atoms with Crippen LogP contribution in [-0.2, 0) is 14.3 Å². The zero-order valence-electron chi connectivity index (χ0n) is 8.93. The van der Waals surface area contributed by atoms with Crippen molar-refractivity contribution in [3.8, 4) is 0 Å². The lowest BCUT2D eigenvalue weighted by molar-refractivity contribution is -0.145. The molecule has 1 aliphatic heterocycles. The van der Waals surface area contributed by atoms with Gasteiger partial charge >= 0.3 is 11.9 Å². The van der Waals surface area contributed by atoms with Gasteiger partial charge in [-0.05, 0) is 18.6 Å². The van der Waals surface area contributed by atoms with Gasteiger partial charge in [-0.25, -0.2) is 9.59 Å². The number of hydrogen-bond acceptors (Lipinski definition) is 4. The highest BCUT2D eigenvalue weighted by atomic mass is 16.6. The monoisotopic (exact) mass is 220 g/mol. The van der Waals surface area contributed by atoms with E-state index in [1.165, 1.54) is 0 Å². The van der Waals surface area contributed by atoms with Crippen molar-refractivity contribution in [3.63, 3.8) is 0 Å². The van der Waals surface area contributed by atoms with Gasteiger partial charge in [0.05, 0.1) is 12.2 Å². The topological polar surface area (TPSA) is 52.6 Å². The number of cyclic esters (lactones) is 1. The third kappa shape index (κ3) is 2.05. The quantitative estimate of drug-likeness (QED) is 0.708. The smallest absolute Gasteiger partial charge is 0.347 e. The molecule has 1 saturated heterocycles. The Labute approximate surface area is 93.2 Å². The fourth-order valence-electron chi connectivity index (χ4n) is 1.58. The molecule has 0 amide bonds. The minimum atomic E-state index is -0.743. The first kappa shape index (κ1) is 10.7. The van der Waals surface area contributed by atoms with Gasteiger partial charge in [-0.2, -0.15) is 0 Å². The number of rotatable bonds is 2. The van der Waals surface area contributed by atoms with E-state index in [-0.39, 0.29) is 0 Å². The molecular formula is C12H12O4. The van der Waals surface area contributed by atoms with Gasteiger partial charge in [0.15, 0.2) is 0 Å². The van der Waals surface area contributed by atoms with E-state index in [1.54, 1.807) is 12.1 Å². The van der Waals surface area contributed by atoms with Gasteiger partial charge in [-0.3, -0.25) is 0 Å². The van der Waals surface area contributed by atoms with Crippen LogP contribution < -0.4 is 0 Å². The van der Waals surface area contributed by atoms with Crippen molar-refractivity contribution in [1.29, 1.82) is 0 Å². The average Bonchev–Trinajstić information content (AvgIpc) is 2.65. The van der Waals surface area contributed by atoms with E-state index in [2.05, 4.69) is 0 Å². The van der Waals surface area contributed by atoms with Gasteiger partial charge in [-0.1, -0.05) is 18.2 Å². The number of esters is 2. The van der Waals surface area contributed by atoms with Crippen molar-refractivity contribution in [2.75, 3.05) is 6.61 Å². The Morgan fingerprint density at radius 2 is 2.19 bits per heavy atom. The number of carbonyl (C=O) groups is 2. The second kappa shape index (κ2) is 4.35. The summed E-state index contributed by atoms with van der Waals surface area (Å²) in [7, 11) is 0. The second-order valence-electron chi connectivity index (χ2n) is 3.67. The van der Waals surface area contributed by atoms with E-state index < -0.39 is 18.0 Å². The van der Waals surface area contributed by atoms with E-state index in [4.69, 9.17) is 9.47 Å². The van der Waals surface area contributed by atoms with Crippen molar-refractivity contribution in [2.24, 2.45) is 0 Å². The summed E-state index contributed by atoms with van der Waals surface area (Å²) in [5.74, 6) is -0.927.